The van der Waals surface area contributed by atoms with Crippen molar-refractivity contribution < 1.29 is 14.2 Å². The molecule has 0 fully saturated rings. The van der Waals surface area contributed by atoms with Gasteiger partial charge >= 0.3 is 0 Å². The summed E-state index contributed by atoms with van der Waals surface area (Å²) in [4.78, 5) is 3.11. The largest absolute Gasteiger partial charge is 0.496 e. The number of methoxy groups -OCH3 is 1. The van der Waals surface area contributed by atoms with E-state index in [0.717, 1.165) is 17.0 Å². The molecule has 1 aromatic carbocycles. The van der Waals surface area contributed by atoms with Crippen LogP contribution in [0.2, 0.25) is 0 Å². The van der Waals surface area contributed by atoms with Crippen LogP contribution in [0.3, 0.4) is 0 Å². The number of hydrogen-bond acceptors (Lipinski definition) is 2. The first-order chi connectivity index (χ1) is 8.15. The molecule has 0 aliphatic heterocycles. The van der Waals surface area contributed by atoms with Crippen LogP contribution in [0.15, 0.2) is 24.3 Å². The highest BCUT2D eigenvalue weighted by atomic mass is 19.1. The molecule has 0 aliphatic rings. The smallest absolute Gasteiger partial charge is 0.128 e. The van der Waals surface area contributed by atoms with Crippen molar-refractivity contribution in [2.75, 3.05) is 7.11 Å². The minimum atomic E-state index is -0.321. The number of rotatable bonds is 3. The number of aromatic amines is 1. The van der Waals surface area contributed by atoms with Gasteiger partial charge in [0.1, 0.15) is 11.6 Å². The van der Waals surface area contributed by atoms with Gasteiger partial charge in [0.25, 0.3) is 0 Å². The summed E-state index contributed by atoms with van der Waals surface area (Å²) in [5, 5.41) is 9.13. The number of benzene rings is 1. The fourth-order valence-electron chi connectivity index (χ4n) is 1.80. The van der Waals surface area contributed by atoms with Crippen LogP contribution in [0, 0.1) is 12.7 Å². The predicted octanol–water partition coefficient (Wildman–Crippen LogP) is 2.63. The van der Waals surface area contributed by atoms with Crippen LogP contribution in [-0.2, 0) is 6.61 Å². The molecule has 0 bridgehead atoms. The van der Waals surface area contributed by atoms with Crippen molar-refractivity contribution >= 4 is 0 Å². The number of hydrogen-bond donors (Lipinski definition) is 2. The van der Waals surface area contributed by atoms with E-state index in [-0.39, 0.29) is 12.4 Å². The number of aliphatic hydroxyl groups excluding tert-OH is 1. The quantitative estimate of drug-likeness (QED) is 0.859. The van der Waals surface area contributed by atoms with Crippen molar-refractivity contribution in [3.8, 4) is 17.0 Å². The molecule has 3 nitrogen and oxygen atoms in total. The van der Waals surface area contributed by atoms with Gasteiger partial charge in [-0.1, -0.05) is 0 Å². The highest BCUT2D eigenvalue weighted by molar-refractivity contribution is 5.68. The third kappa shape index (κ3) is 2.17. The number of ether oxygens (including phenoxy) is 1. The Bertz CT molecular complexity index is 534. The monoisotopic (exact) mass is 235 g/mol. The van der Waals surface area contributed by atoms with Crippen LogP contribution >= 0.6 is 0 Å². The minimum Gasteiger partial charge on any atom is -0.496 e. The van der Waals surface area contributed by atoms with Gasteiger partial charge in [-0.25, -0.2) is 4.39 Å². The van der Waals surface area contributed by atoms with E-state index in [4.69, 9.17) is 9.84 Å². The number of aryl methyl sites for hydroxylation is 1. The summed E-state index contributed by atoms with van der Waals surface area (Å²) < 4.78 is 18.4. The molecular weight excluding hydrogens is 221 g/mol. The van der Waals surface area contributed by atoms with Crippen molar-refractivity contribution in [2.24, 2.45) is 0 Å². The summed E-state index contributed by atoms with van der Waals surface area (Å²) in [6.07, 6.45) is 0. The third-order valence-electron chi connectivity index (χ3n) is 2.74. The van der Waals surface area contributed by atoms with Crippen molar-refractivity contribution in [2.45, 2.75) is 13.5 Å². The summed E-state index contributed by atoms with van der Waals surface area (Å²) in [6.45, 7) is 1.82. The molecule has 0 unspecified atom stereocenters. The lowest BCUT2D eigenvalue weighted by Gasteiger charge is -2.06. The van der Waals surface area contributed by atoms with Crippen molar-refractivity contribution in [1.82, 2.24) is 4.98 Å². The minimum absolute atomic E-state index is 0.0417. The zero-order valence-electron chi connectivity index (χ0n) is 9.75. The van der Waals surface area contributed by atoms with Gasteiger partial charge in [0, 0.05) is 17.0 Å². The summed E-state index contributed by atoms with van der Waals surface area (Å²) in [5.74, 6) is 0.274. The number of H-pyrrole nitrogens is 1. The van der Waals surface area contributed by atoms with Gasteiger partial charge in [0.05, 0.1) is 13.7 Å². The molecule has 0 amide bonds. The van der Waals surface area contributed by atoms with Gasteiger partial charge in [0.2, 0.25) is 0 Å². The zero-order valence-corrected chi connectivity index (χ0v) is 9.75. The van der Waals surface area contributed by atoms with E-state index < -0.39 is 0 Å². The summed E-state index contributed by atoms with van der Waals surface area (Å²) in [7, 11) is 1.54. The number of halogens is 1. The molecule has 0 spiro atoms. The summed E-state index contributed by atoms with van der Waals surface area (Å²) in [6, 6.07) is 6.14. The Kier molecular flexibility index (Phi) is 3.15. The maximum absolute atomic E-state index is 13.2. The fraction of sp³-hybridized carbons (Fsp3) is 0.231. The Balaban J connectivity index is 2.54. The standard InChI is InChI=1S/C13H14FNO2/c1-8-9(7-16)5-12(15-8)11-6-10(14)3-4-13(11)17-2/h3-6,15-16H,7H2,1-2H3. The highest BCUT2D eigenvalue weighted by Gasteiger charge is 2.11. The zero-order chi connectivity index (χ0) is 12.4. The Morgan fingerprint density at radius 1 is 1.35 bits per heavy atom. The third-order valence-corrected chi connectivity index (χ3v) is 2.74. The molecule has 1 aromatic heterocycles. The van der Waals surface area contributed by atoms with Crippen LogP contribution in [0.1, 0.15) is 11.3 Å². The number of nitrogens with one attached hydrogen (secondary N) is 1. The maximum Gasteiger partial charge on any atom is 0.128 e. The molecule has 2 rings (SSSR count). The van der Waals surface area contributed by atoms with Crippen LogP contribution in [0.4, 0.5) is 4.39 Å². The molecule has 0 saturated carbocycles. The molecule has 1 heterocycles. The lowest BCUT2D eigenvalue weighted by atomic mass is 10.1. The molecule has 90 valence electrons. The van der Waals surface area contributed by atoms with E-state index in [1.54, 1.807) is 19.2 Å². The van der Waals surface area contributed by atoms with Crippen LogP contribution in [0.5, 0.6) is 5.75 Å². The molecule has 2 aromatic rings. The van der Waals surface area contributed by atoms with E-state index in [0.29, 0.717) is 11.3 Å². The number of aliphatic hydroxyl groups is 1. The molecular formula is C13H14FNO2. The maximum atomic E-state index is 13.2. The molecule has 4 heteroatoms. The van der Waals surface area contributed by atoms with Gasteiger partial charge in [-0.05, 0) is 36.8 Å². The second-order valence-corrected chi connectivity index (χ2v) is 3.84. The van der Waals surface area contributed by atoms with Crippen LogP contribution in [-0.4, -0.2) is 17.2 Å². The van der Waals surface area contributed by atoms with E-state index >= 15 is 0 Å². The van der Waals surface area contributed by atoms with Crippen molar-refractivity contribution in [3.05, 3.63) is 41.3 Å². The first-order valence-corrected chi connectivity index (χ1v) is 5.29. The van der Waals surface area contributed by atoms with Crippen LogP contribution < -0.4 is 4.74 Å². The molecule has 17 heavy (non-hydrogen) atoms. The average Bonchev–Trinajstić information content (AvgIpc) is 2.70. The first-order valence-electron chi connectivity index (χ1n) is 5.29. The second kappa shape index (κ2) is 4.59. The lowest BCUT2D eigenvalue weighted by molar-refractivity contribution is 0.281. The van der Waals surface area contributed by atoms with E-state index in [1.807, 2.05) is 6.92 Å². The van der Waals surface area contributed by atoms with Crippen molar-refractivity contribution in [3.63, 3.8) is 0 Å². The Morgan fingerprint density at radius 3 is 2.71 bits per heavy atom. The molecule has 2 N–H and O–H groups in total. The molecule has 0 radical (unpaired) electrons. The number of aromatic nitrogens is 1. The molecule has 0 saturated heterocycles. The summed E-state index contributed by atoms with van der Waals surface area (Å²) in [5.41, 5.74) is 3.05. The van der Waals surface area contributed by atoms with Crippen molar-refractivity contribution in [1.29, 1.82) is 0 Å². The van der Waals surface area contributed by atoms with Gasteiger partial charge in [0.15, 0.2) is 0 Å². The lowest BCUT2D eigenvalue weighted by Crippen LogP contribution is -1.89. The Labute approximate surface area is 98.9 Å². The van der Waals surface area contributed by atoms with E-state index in [2.05, 4.69) is 4.98 Å². The Hall–Kier alpha value is -1.81. The van der Waals surface area contributed by atoms with Gasteiger partial charge < -0.3 is 14.8 Å². The fourth-order valence-corrected chi connectivity index (χ4v) is 1.80. The normalized spacial score (nSPS) is 10.6. The average molecular weight is 235 g/mol. The molecule has 0 aliphatic carbocycles. The van der Waals surface area contributed by atoms with E-state index in [1.165, 1.54) is 12.1 Å². The predicted molar refractivity (Wildman–Crippen MR) is 63.4 cm³/mol. The second-order valence-electron chi connectivity index (χ2n) is 3.84. The van der Waals surface area contributed by atoms with Gasteiger partial charge in [-0.3, -0.25) is 0 Å². The first kappa shape index (κ1) is 11.7. The van der Waals surface area contributed by atoms with E-state index in [9.17, 15) is 4.39 Å². The molecule has 0 atom stereocenters. The van der Waals surface area contributed by atoms with Gasteiger partial charge in [-0.2, -0.15) is 0 Å². The Morgan fingerprint density at radius 2 is 2.12 bits per heavy atom. The highest BCUT2D eigenvalue weighted by Crippen LogP contribution is 2.31. The summed E-state index contributed by atoms with van der Waals surface area (Å²) >= 11 is 0. The topological polar surface area (TPSA) is 45.2 Å². The van der Waals surface area contributed by atoms with Gasteiger partial charge in [-0.15, -0.1) is 0 Å². The van der Waals surface area contributed by atoms with Crippen LogP contribution in [0.25, 0.3) is 11.3 Å². The SMILES string of the molecule is COc1ccc(F)cc1-c1cc(CO)c(C)[nH]1.